The predicted molar refractivity (Wildman–Crippen MR) is 107 cm³/mol. The van der Waals surface area contributed by atoms with Crippen LogP contribution in [-0.2, 0) is 9.53 Å². The second kappa shape index (κ2) is 8.36. The van der Waals surface area contributed by atoms with Crippen molar-refractivity contribution in [1.29, 1.82) is 0 Å². The molecule has 1 fully saturated rings. The molecule has 0 N–H and O–H groups in total. The largest absolute Gasteiger partial charge is 0.497 e. The van der Waals surface area contributed by atoms with Crippen LogP contribution in [0.3, 0.4) is 0 Å². The number of rotatable bonds is 5. The van der Waals surface area contributed by atoms with Crippen molar-refractivity contribution in [3.05, 3.63) is 59.0 Å². The van der Waals surface area contributed by atoms with E-state index in [-0.39, 0.29) is 12.5 Å². The van der Waals surface area contributed by atoms with Gasteiger partial charge in [-0.05, 0) is 35.4 Å². The minimum atomic E-state index is -0.454. The van der Waals surface area contributed by atoms with Crippen LogP contribution < -0.4 is 15.1 Å². The van der Waals surface area contributed by atoms with Crippen molar-refractivity contribution in [3.63, 3.8) is 0 Å². The topological polar surface area (TPSA) is 78.2 Å². The Balaban J connectivity index is 1.57. The van der Waals surface area contributed by atoms with Gasteiger partial charge < -0.3 is 23.5 Å². The van der Waals surface area contributed by atoms with E-state index >= 15 is 0 Å². The first-order valence-corrected chi connectivity index (χ1v) is 9.35. The van der Waals surface area contributed by atoms with Gasteiger partial charge in [-0.1, -0.05) is 12.1 Å². The summed E-state index contributed by atoms with van der Waals surface area (Å²) in [6, 6.07) is 14.1. The molecule has 1 saturated heterocycles. The average Bonchev–Trinajstić information content (AvgIpc) is 2.77. The molecule has 0 radical (unpaired) electrons. The van der Waals surface area contributed by atoms with Gasteiger partial charge in [-0.2, -0.15) is 0 Å². The van der Waals surface area contributed by atoms with E-state index in [4.69, 9.17) is 18.6 Å². The summed E-state index contributed by atoms with van der Waals surface area (Å²) >= 11 is 0. The molecule has 0 saturated carbocycles. The summed E-state index contributed by atoms with van der Waals surface area (Å²) in [6.45, 7) is 2.15. The van der Waals surface area contributed by atoms with E-state index in [1.807, 2.05) is 30.3 Å². The number of fused-ring (bicyclic) bond motifs is 1. The van der Waals surface area contributed by atoms with Crippen LogP contribution in [0.25, 0.3) is 22.1 Å². The number of amides is 1. The van der Waals surface area contributed by atoms with E-state index in [2.05, 4.69) is 0 Å². The van der Waals surface area contributed by atoms with Crippen molar-refractivity contribution in [1.82, 2.24) is 4.90 Å². The Morgan fingerprint density at radius 1 is 1.03 bits per heavy atom. The van der Waals surface area contributed by atoms with Gasteiger partial charge in [0.15, 0.2) is 6.61 Å². The molecule has 7 heteroatoms. The zero-order valence-corrected chi connectivity index (χ0v) is 16.1. The molecule has 4 rings (SSSR count). The molecule has 0 unspecified atom stereocenters. The molecule has 1 amide bonds. The summed E-state index contributed by atoms with van der Waals surface area (Å²) in [4.78, 5) is 26.0. The van der Waals surface area contributed by atoms with Crippen molar-refractivity contribution in [2.75, 3.05) is 40.0 Å². The first kappa shape index (κ1) is 19.0. The van der Waals surface area contributed by atoms with Gasteiger partial charge in [0, 0.05) is 30.6 Å². The smallest absolute Gasteiger partial charge is 0.336 e. The number of carbonyl (C=O) groups is 1. The lowest BCUT2D eigenvalue weighted by Crippen LogP contribution is -2.42. The molecule has 1 aliphatic rings. The fraction of sp³-hybridized carbons (Fsp3) is 0.273. The average molecular weight is 395 g/mol. The Kier molecular flexibility index (Phi) is 5.48. The van der Waals surface area contributed by atoms with Gasteiger partial charge in [0.2, 0.25) is 0 Å². The highest BCUT2D eigenvalue weighted by Crippen LogP contribution is 2.30. The Bertz CT molecular complexity index is 1070. The molecule has 3 aromatic rings. The van der Waals surface area contributed by atoms with Crippen molar-refractivity contribution in [2.24, 2.45) is 0 Å². The van der Waals surface area contributed by atoms with Crippen LogP contribution in [0.15, 0.2) is 57.7 Å². The fourth-order valence-corrected chi connectivity index (χ4v) is 3.29. The summed E-state index contributed by atoms with van der Waals surface area (Å²) in [5.74, 6) is 1.11. The summed E-state index contributed by atoms with van der Waals surface area (Å²) < 4.78 is 21.4. The van der Waals surface area contributed by atoms with Crippen LogP contribution in [0, 0.1) is 0 Å². The van der Waals surface area contributed by atoms with Gasteiger partial charge in [-0.3, -0.25) is 4.79 Å². The highest BCUT2D eigenvalue weighted by molar-refractivity contribution is 5.93. The van der Waals surface area contributed by atoms with Crippen LogP contribution >= 0.6 is 0 Å². The maximum Gasteiger partial charge on any atom is 0.336 e. The molecule has 1 aromatic heterocycles. The molecule has 29 heavy (non-hydrogen) atoms. The number of hydrogen-bond acceptors (Lipinski definition) is 6. The van der Waals surface area contributed by atoms with Crippen molar-refractivity contribution < 1.29 is 23.4 Å². The SMILES string of the molecule is COc1ccc(-c2cc(=O)oc3cc(OCC(=O)N4CCOCC4)ccc23)cc1. The Morgan fingerprint density at radius 2 is 1.76 bits per heavy atom. The van der Waals surface area contributed by atoms with E-state index in [1.54, 1.807) is 24.1 Å². The lowest BCUT2D eigenvalue weighted by molar-refractivity contribution is -0.137. The summed E-state index contributed by atoms with van der Waals surface area (Å²) in [5, 5.41) is 0.779. The highest BCUT2D eigenvalue weighted by Gasteiger charge is 2.17. The lowest BCUT2D eigenvalue weighted by Gasteiger charge is -2.26. The highest BCUT2D eigenvalue weighted by atomic mass is 16.5. The van der Waals surface area contributed by atoms with Gasteiger partial charge in [0.1, 0.15) is 17.1 Å². The zero-order chi connectivity index (χ0) is 20.2. The quantitative estimate of drug-likeness (QED) is 0.618. The number of carbonyl (C=O) groups excluding carboxylic acids is 1. The number of morpholine rings is 1. The van der Waals surface area contributed by atoms with E-state index in [0.29, 0.717) is 37.6 Å². The Labute approximate surface area is 167 Å². The molecule has 2 heterocycles. The normalized spacial score (nSPS) is 14.0. The number of hydrogen-bond donors (Lipinski definition) is 0. The minimum Gasteiger partial charge on any atom is -0.497 e. The molecular weight excluding hydrogens is 374 g/mol. The van der Waals surface area contributed by atoms with E-state index < -0.39 is 5.63 Å². The summed E-state index contributed by atoms with van der Waals surface area (Å²) in [7, 11) is 1.60. The number of benzene rings is 2. The molecule has 0 bridgehead atoms. The zero-order valence-electron chi connectivity index (χ0n) is 16.1. The molecule has 2 aromatic carbocycles. The van der Waals surface area contributed by atoms with Gasteiger partial charge >= 0.3 is 5.63 Å². The van der Waals surface area contributed by atoms with Crippen LogP contribution in [0.5, 0.6) is 11.5 Å². The summed E-state index contributed by atoms with van der Waals surface area (Å²) in [5.41, 5.74) is 1.58. The number of nitrogens with zero attached hydrogens (tertiary/aromatic N) is 1. The maximum atomic E-state index is 12.2. The molecule has 150 valence electrons. The molecule has 7 nitrogen and oxygen atoms in total. The third-order valence-electron chi connectivity index (χ3n) is 4.84. The predicted octanol–water partition coefficient (Wildman–Crippen LogP) is 2.71. The van der Waals surface area contributed by atoms with Crippen LogP contribution in [0.4, 0.5) is 0 Å². The lowest BCUT2D eigenvalue weighted by atomic mass is 10.0. The molecule has 0 atom stereocenters. The fourth-order valence-electron chi connectivity index (χ4n) is 3.29. The molecule has 0 aliphatic carbocycles. The third-order valence-corrected chi connectivity index (χ3v) is 4.84. The van der Waals surface area contributed by atoms with Gasteiger partial charge in [0.25, 0.3) is 5.91 Å². The second-order valence-electron chi connectivity index (χ2n) is 6.65. The monoisotopic (exact) mass is 395 g/mol. The Morgan fingerprint density at radius 3 is 2.48 bits per heavy atom. The summed E-state index contributed by atoms with van der Waals surface area (Å²) in [6.07, 6.45) is 0. The van der Waals surface area contributed by atoms with Crippen LogP contribution in [0.2, 0.25) is 0 Å². The first-order chi connectivity index (χ1) is 14.1. The van der Waals surface area contributed by atoms with E-state index in [0.717, 1.165) is 22.3 Å². The Hall–Kier alpha value is -3.32. The third kappa shape index (κ3) is 4.25. The van der Waals surface area contributed by atoms with Crippen molar-refractivity contribution >= 4 is 16.9 Å². The van der Waals surface area contributed by atoms with Crippen LogP contribution in [-0.4, -0.2) is 50.8 Å². The van der Waals surface area contributed by atoms with E-state index in [9.17, 15) is 9.59 Å². The van der Waals surface area contributed by atoms with Crippen LogP contribution in [0.1, 0.15) is 0 Å². The van der Waals surface area contributed by atoms with Gasteiger partial charge in [0.05, 0.1) is 20.3 Å². The minimum absolute atomic E-state index is 0.0755. The van der Waals surface area contributed by atoms with Gasteiger partial charge in [-0.15, -0.1) is 0 Å². The first-order valence-electron chi connectivity index (χ1n) is 9.35. The van der Waals surface area contributed by atoms with Gasteiger partial charge in [-0.25, -0.2) is 4.79 Å². The number of methoxy groups -OCH3 is 1. The molecular formula is C22H21NO6. The van der Waals surface area contributed by atoms with E-state index in [1.165, 1.54) is 6.07 Å². The molecule has 0 spiro atoms. The van der Waals surface area contributed by atoms with Crippen molar-refractivity contribution in [2.45, 2.75) is 0 Å². The molecule has 1 aliphatic heterocycles. The second-order valence-corrected chi connectivity index (χ2v) is 6.65. The van der Waals surface area contributed by atoms with Crippen molar-refractivity contribution in [3.8, 4) is 22.6 Å². The maximum absolute atomic E-state index is 12.2. The number of ether oxygens (including phenoxy) is 3. The standard InChI is InChI=1S/C22H21NO6/c1-26-16-4-2-15(3-5-16)19-13-22(25)29-20-12-17(6-7-18(19)20)28-14-21(24)23-8-10-27-11-9-23/h2-7,12-13H,8-11,14H2,1H3.